The maximum Gasteiger partial charge on any atom is 0.128 e. The Labute approximate surface area is 131 Å². The topological polar surface area (TPSA) is 37.4 Å². The highest BCUT2D eigenvalue weighted by molar-refractivity contribution is 6.31. The Hall–Kier alpha value is -0.840. The van der Waals surface area contributed by atoms with Crippen LogP contribution in [0.3, 0.4) is 0 Å². The molecule has 0 spiro atoms. The minimum absolute atomic E-state index is 0.686. The second kappa shape index (κ2) is 6.95. The molecule has 0 radical (unpaired) electrons. The summed E-state index contributed by atoms with van der Waals surface area (Å²) in [4.78, 5) is 6.55. The first-order valence-corrected chi connectivity index (χ1v) is 8.27. The highest BCUT2D eigenvalue weighted by Gasteiger charge is 2.21. The molecular formula is C16H24ClN3O. The summed E-state index contributed by atoms with van der Waals surface area (Å²) in [6.07, 6.45) is 7.00. The van der Waals surface area contributed by atoms with E-state index < -0.39 is 0 Å². The van der Waals surface area contributed by atoms with Crippen molar-refractivity contribution < 1.29 is 4.74 Å². The van der Waals surface area contributed by atoms with Crippen molar-refractivity contribution in [3.05, 3.63) is 22.8 Å². The molecule has 2 aliphatic rings. The summed E-state index contributed by atoms with van der Waals surface area (Å²) in [5.41, 5.74) is 1.12. The van der Waals surface area contributed by atoms with E-state index in [9.17, 15) is 0 Å². The van der Waals surface area contributed by atoms with Crippen LogP contribution >= 0.6 is 11.6 Å². The maximum atomic E-state index is 6.23. The molecule has 0 bridgehead atoms. The monoisotopic (exact) mass is 309 g/mol. The van der Waals surface area contributed by atoms with Gasteiger partial charge in [0.05, 0.1) is 11.6 Å². The summed E-state index contributed by atoms with van der Waals surface area (Å²) in [6, 6.07) is 2.77. The molecule has 1 aromatic heterocycles. The van der Waals surface area contributed by atoms with Crippen LogP contribution < -0.4 is 10.2 Å². The van der Waals surface area contributed by atoms with Gasteiger partial charge in [-0.25, -0.2) is 4.98 Å². The standard InChI is InChI=1S/C16H24ClN3O/c1-20(6-7-21-11-12-2-3-12)16-8-13(15(17)10-19-16)9-18-14-4-5-14/h8,10,12,14,18H,2-7,9,11H2,1H3. The molecule has 2 fully saturated rings. The van der Waals surface area contributed by atoms with Gasteiger partial charge in [-0.3, -0.25) is 0 Å². The van der Waals surface area contributed by atoms with Gasteiger partial charge in [0.15, 0.2) is 0 Å². The molecule has 0 saturated heterocycles. The molecule has 5 heteroatoms. The Kier molecular flexibility index (Phi) is 4.99. The molecule has 1 N–H and O–H groups in total. The molecule has 116 valence electrons. The number of rotatable bonds is 9. The zero-order valence-corrected chi connectivity index (χ0v) is 13.4. The first kappa shape index (κ1) is 15.1. The number of nitrogens with one attached hydrogen (secondary N) is 1. The van der Waals surface area contributed by atoms with Crippen molar-refractivity contribution in [2.24, 2.45) is 5.92 Å². The number of hydrogen-bond donors (Lipinski definition) is 1. The molecule has 4 nitrogen and oxygen atoms in total. The molecule has 2 saturated carbocycles. The van der Waals surface area contributed by atoms with E-state index in [1.807, 2.05) is 0 Å². The average Bonchev–Trinajstić information content (AvgIpc) is 3.37. The summed E-state index contributed by atoms with van der Waals surface area (Å²) >= 11 is 6.23. The van der Waals surface area contributed by atoms with Gasteiger partial charge < -0.3 is 15.0 Å². The fourth-order valence-corrected chi connectivity index (χ4v) is 2.37. The fourth-order valence-electron chi connectivity index (χ4n) is 2.20. The highest BCUT2D eigenvalue weighted by atomic mass is 35.5. The normalized spacial score (nSPS) is 18.0. The van der Waals surface area contributed by atoms with E-state index in [0.717, 1.165) is 48.6 Å². The van der Waals surface area contributed by atoms with Gasteiger partial charge >= 0.3 is 0 Å². The molecule has 0 aromatic carbocycles. The predicted octanol–water partition coefficient (Wildman–Crippen LogP) is 2.85. The van der Waals surface area contributed by atoms with Crippen molar-refractivity contribution in [1.29, 1.82) is 0 Å². The molecule has 0 unspecified atom stereocenters. The molecular weight excluding hydrogens is 286 g/mol. The fraction of sp³-hybridized carbons (Fsp3) is 0.688. The molecule has 3 rings (SSSR count). The summed E-state index contributed by atoms with van der Waals surface area (Å²) in [7, 11) is 2.05. The van der Waals surface area contributed by atoms with Crippen LogP contribution in [0.4, 0.5) is 5.82 Å². The third-order valence-electron chi connectivity index (χ3n) is 4.09. The third kappa shape index (κ3) is 4.83. The minimum atomic E-state index is 0.686. The SMILES string of the molecule is CN(CCOCC1CC1)c1cc(CNC2CC2)c(Cl)cn1. The van der Waals surface area contributed by atoms with Crippen LogP contribution in [0.5, 0.6) is 0 Å². The first-order valence-electron chi connectivity index (χ1n) is 7.89. The van der Waals surface area contributed by atoms with Crippen LogP contribution in [0.15, 0.2) is 12.3 Å². The number of ether oxygens (including phenoxy) is 1. The van der Waals surface area contributed by atoms with Crippen LogP contribution in [0.25, 0.3) is 0 Å². The number of nitrogens with zero attached hydrogens (tertiary/aromatic N) is 2. The van der Waals surface area contributed by atoms with Gasteiger partial charge in [-0.2, -0.15) is 0 Å². The number of anilines is 1. The van der Waals surface area contributed by atoms with E-state index in [-0.39, 0.29) is 0 Å². The quantitative estimate of drug-likeness (QED) is 0.712. The van der Waals surface area contributed by atoms with Crippen LogP contribution in [0.1, 0.15) is 31.2 Å². The van der Waals surface area contributed by atoms with Gasteiger partial charge in [0.25, 0.3) is 0 Å². The lowest BCUT2D eigenvalue weighted by atomic mass is 10.2. The van der Waals surface area contributed by atoms with E-state index >= 15 is 0 Å². The Bertz CT molecular complexity index is 475. The zero-order valence-electron chi connectivity index (χ0n) is 12.6. The lowest BCUT2D eigenvalue weighted by molar-refractivity contribution is 0.131. The highest BCUT2D eigenvalue weighted by Crippen LogP contribution is 2.28. The maximum absolute atomic E-state index is 6.23. The lowest BCUT2D eigenvalue weighted by Crippen LogP contribution is -2.24. The molecule has 1 heterocycles. The first-order chi connectivity index (χ1) is 10.2. The van der Waals surface area contributed by atoms with Gasteiger partial charge in [-0.05, 0) is 43.2 Å². The largest absolute Gasteiger partial charge is 0.379 e. The van der Waals surface area contributed by atoms with Crippen LogP contribution in [0, 0.1) is 5.92 Å². The summed E-state index contributed by atoms with van der Waals surface area (Å²) in [5, 5.41) is 4.24. The van der Waals surface area contributed by atoms with Crippen LogP contribution in [-0.2, 0) is 11.3 Å². The van der Waals surface area contributed by atoms with Gasteiger partial charge in [-0.15, -0.1) is 0 Å². The Balaban J connectivity index is 1.48. The van der Waals surface area contributed by atoms with E-state index in [0.29, 0.717) is 6.04 Å². The van der Waals surface area contributed by atoms with Gasteiger partial charge in [0.2, 0.25) is 0 Å². The van der Waals surface area contributed by atoms with Gasteiger partial charge in [0.1, 0.15) is 5.82 Å². The zero-order chi connectivity index (χ0) is 14.7. The third-order valence-corrected chi connectivity index (χ3v) is 4.43. The van der Waals surface area contributed by atoms with Crippen molar-refractivity contribution in [1.82, 2.24) is 10.3 Å². The number of aromatic nitrogens is 1. The van der Waals surface area contributed by atoms with Crippen LogP contribution in [-0.4, -0.2) is 37.8 Å². The van der Waals surface area contributed by atoms with Crippen molar-refractivity contribution in [3.63, 3.8) is 0 Å². The van der Waals surface area contributed by atoms with Crippen molar-refractivity contribution >= 4 is 17.4 Å². The predicted molar refractivity (Wildman–Crippen MR) is 85.9 cm³/mol. The molecule has 0 amide bonds. The summed E-state index contributed by atoms with van der Waals surface area (Å²) in [5.74, 6) is 1.78. The van der Waals surface area contributed by atoms with Crippen molar-refractivity contribution in [3.8, 4) is 0 Å². The Morgan fingerprint density at radius 3 is 2.90 bits per heavy atom. The Morgan fingerprint density at radius 1 is 1.38 bits per heavy atom. The van der Waals surface area contributed by atoms with E-state index in [2.05, 4.69) is 28.3 Å². The second-order valence-electron chi connectivity index (χ2n) is 6.23. The lowest BCUT2D eigenvalue weighted by Gasteiger charge is -2.19. The second-order valence-corrected chi connectivity index (χ2v) is 6.64. The number of pyridine rings is 1. The number of hydrogen-bond acceptors (Lipinski definition) is 4. The Morgan fingerprint density at radius 2 is 2.19 bits per heavy atom. The molecule has 1 aromatic rings. The summed E-state index contributed by atoms with van der Waals surface area (Å²) in [6.45, 7) is 3.35. The summed E-state index contributed by atoms with van der Waals surface area (Å²) < 4.78 is 5.68. The average molecular weight is 310 g/mol. The molecule has 21 heavy (non-hydrogen) atoms. The minimum Gasteiger partial charge on any atom is -0.379 e. The van der Waals surface area contributed by atoms with Gasteiger partial charge in [-0.1, -0.05) is 11.6 Å². The number of halogens is 1. The molecule has 0 aliphatic heterocycles. The van der Waals surface area contributed by atoms with Gasteiger partial charge in [0, 0.05) is 39.0 Å². The van der Waals surface area contributed by atoms with E-state index in [1.54, 1.807) is 6.20 Å². The smallest absolute Gasteiger partial charge is 0.128 e. The molecule has 2 aliphatic carbocycles. The van der Waals surface area contributed by atoms with E-state index in [4.69, 9.17) is 16.3 Å². The number of likely N-dealkylation sites (N-methyl/N-ethyl adjacent to an activating group) is 1. The van der Waals surface area contributed by atoms with Crippen molar-refractivity contribution in [2.75, 3.05) is 31.7 Å². The molecule has 0 atom stereocenters. The van der Waals surface area contributed by atoms with Crippen LogP contribution in [0.2, 0.25) is 5.02 Å². The van der Waals surface area contributed by atoms with E-state index in [1.165, 1.54) is 25.7 Å². The van der Waals surface area contributed by atoms with Crippen molar-refractivity contribution in [2.45, 2.75) is 38.3 Å².